The van der Waals surface area contributed by atoms with Gasteiger partial charge in [0, 0.05) is 31.8 Å². The zero-order valence-electron chi connectivity index (χ0n) is 21.7. The van der Waals surface area contributed by atoms with E-state index in [4.69, 9.17) is 4.74 Å². The molecule has 3 rings (SSSR count). The highest BCUT2D eigenvalue weighted by molar-refractivity contribution is 7.09. The van der Waals surface area contributed by atoms with Gasteiger partial charge in [-0.1, -0.05) is 20.3 Å². The SMILES string of the molecule is CC(=O)O[C@H](C[C@H](C(C)C)N(C)C(=O)[C@@H](NC(=O)[C@H]1CCCCN1C)C1CC1)c1nc(C(=O)O)cs1. The summed E-state index contributed by atoms with van der Waals surface area (Å²) in [6, 6.07) is -1.14. The minimum atomic E-state index is -1.15. The maximum Gasteiger partial charge on any atom is 0.355 e. The number of aromatic nitrogens is 1. The maximum absolute atomic E-state index is 13.7. The van der Waals surface area contributed by atoms with E-state index < -0.39 is 24.1 Å². The third kappa shape index (κ3) is 7.03. The van der Waals surface area contributed by atoms with Gasteiger partial charge in [-0.15, -0.1) is 11.3 Å². The smallest absolute Gasteiger partial charge is 0.355 e. The molecule has 1 aromatic rings. The summed E-state index contributed by atoms with van der Waals surface area (Å²) in [6.07, 6.45) is 4.12. The van der Waals surface area contributed by atoms with Crippen LogP contribution < -0.4 is 5.32 Å². The van der Waals surface area contributed by atoms with Gasteiger partial charge in [0.25, 0.3) is 0 Å². The topological polar surface area (TPSA) is 129 Å². The van der Waals surface area contributed by atoms with Crippen LogP contribution in [0.15, 0.2) is 5.38 Å². The number of piperidine rings is 1. The Hall–Kier alpha value is -2.53. The first-order chi connectivity index (χ1) is 17.0. The Bertz CT molecular complexity index is 962. The van der Waals surface area contributed by atoms with Crippen molar-refractivity contribution in [3.8, 4) is 0 Å². The van der Waals surface area contributed by atoms with E-state index in [0.717, 1.165) is 50.0 Å². The van der Waals surface area contributed by atoms with Crippen LogP contribution >= 0.6 is 11.3 Å². The van der Waals surface area contributed by atoms with Crippen molar-refractivity contribution in [2.75, 3.05) is 20.6 Å². The van der Waals surface area contributed by atoms with Crippen molar-refractivity contribution in [3.05, 3.63) is 16.1 Å². The molecule has 11 heteroatoms. The molecule has 1 aliphatic heterocycles. The molecule has 0 spiro atoms. The second-order valence-electron chi connectivity index (χ2n) is 10.3. The third-order valence-electron chi connectivity index (χ3n) is 7.13. The normalized spacial score (nSPS) is 20.9. The lowest BCUT2D eigenvalue weighted by atomic mass is 9.95. The number of hydrogen-bond donors (Lipinski definition) is 2. The number of aromatic carboxylic acids is 1. The van der Waals surface area contributed by atoms with Crippen LogP contribution in [0, 0.1) is 11.8 Å². The van der Waals surface area contributed by atoms with E-state index in [0.29, 0.717) is 5.01 Å². The molecule has 2 aliphatic rings. The molecule has 2 N–H and O–H groups in total. The number of carbonyl (C=O) groups is 4. The van der Waals surface area contributed by atoms with Crippen molar-refractivity contribution in [1.82, 2.24) is 20.1 Å². The van der Waals surface area contributed by atoms with Gasteiger partial charge in [0.2, 0.25) is 11.8 Å². The molecule has 2 heterocycles. The van der Waals surface area contributed by atoms with Gasteiger partial charge < -0.3 is 20.1 Å². The van der Waals surface area contributed by atoms with Crippen molar-refractivity contribution in [2.45, 2.75) is 83.5 Å². The van der Waals surface area contributed by atoms with E-state index >= 15 is 0 Å². The summed E-state index contributed by atoms with van der Waals surface area (Å²) in [6.45, 7) is 6.11. The number of nitrogens with zero attached hydrogens (tertiary/aromatic N) is 3. The Labute approximate surface area is 216 Å². The average Bonchev–Trinajstić information content (AvgIpc) is 3.53. The zero-order chi connectivity index (χ0) is 26.6. The molecule has 1 saturated heterocycles. The first-order valence-electron chi connectivity index (χ1n) is 12.6. The van der Waals surface area contributed by atoms with Gasteiger partial charge >= 0.3 is 11.9 Å². The highest BCUT2D eigenvalue weighted by atomic mass is 32.1. The van der Waals surface area contributed by atoms with Crippen LogP contribution in [0.1, 0.15) is 80.9 Å². The Kier molecular flexibility index (Phi) is 9.46. The van der Waals surface area contributed by atoms with Gasteiger partial charge in [0.1, 0.15) is 11.0 Å². The van der Waals surface area contributed by atoms with Gasteiger partial charge in [-0.05, 0) is 51.1 Å². The Morgan fingerprint density at radius 3 is 2.47 bits per heavy atom. The van der Waals surface area contributed by atoms with Crippen molar-refractivity contribution >= 4 is 35.1 Å². The van der Waals surface area contributed by atoms with Crippen molar-refractivity contribution in [3.63, 3.8) is 0 Å². The summed E-state index contributed by atoms with van der Waals surface area (Å²) in [4.78, 5) is 57.8. The molecule has 1 aliphatic carbocycles. The lowest BCUT2D eigenvalue weighted by Crippen LogP contribution is -2.56. The number of ether oxygens (including phenoxy) is 1. The summed E-state index contributed by atoms with van der Waals surface area (Å²) in [5.74, 6) is -1.79. The van der Waals surface area contributed by atoms with E-state index in [-0.39, 0.29) is 47.8 Å². The van der Waals surface area contributed by atoms with E-state index in [1.54, 1.807) is 11.9 Å². The first kappa shape index (κ1) is 28.0. The first-order valence-corrected chi connectivity index (χ1v) is 13.5. The number of rotatable bonds is 11. The molecule has 1 saturated carbocycles. The molecule has 0 bridgehead atoms. The van der Waals surface area contributed by atoms with Crippen LogP contribution in [0.5, 0.6) is 0 Å². The Balaban J connectivity index is 1.76. The number of esters is 1. The number of likely N-dealkylation sites (tertiary alicyclic amines) is 1. The Morgan fingerprint density at radius 2 is 1.94 bits per heavy atom. The highest BCUT2D eigenvalue weighted by Gasteiger charge is 2.42. The van der Waals surface area contributed by atoms with Crippen LogP contribution in [0.3, 0.4) is 0 Å². The molecule has 36 heavy (non-hydrogen) atoms. The molecule has 0 aromatic carbocycles. The standard InChI is InChI=1S/C25H38N4O6S/c1-14(2)19(12-20(35-15(3)30)23-26-17(13-36-23)25(33)34)29(5)24(32)21(16-9-10-16)27-22(31)18-8-6-7-11-28(18)4/h13-14,16,18-21H,6-12H2,1-5H3,(H,27,31)(H,33,34)/t18-,19-,20-,21+/m1/s1. The fourth-order valence-electron chi connectivity index (χ4n) is 4.88. The van der Waals surface area contributed by atoms with E-state index in [9.17, 15) is 24.3 Å². The van der Waals surface area contributed by atoms with Crippen LogP contribution in [0.25, 0.3) is 0 Å². The van der Waals surface area contributed by atoms with Crippen molar-refractivity contribution in [2.24, 2.45) is 11.8 Å². The zero-order valence-corrected chi connectivity index (χ0v) is 22.5. The molecular formula is C25H38N4O6S. The summed E-state index contributed by atoms with van der Waals surface area (Å²) >= 11 is 1.11. The summed E-state index contributed by atoms with van der Waals surface area (Å²) in [5.41, 5.74) is -0.109. The van der Waals surface area contributed by atoms with E-state index in [1.807, 2.05) is 20.9 Å². The number of likely N-dealkylation sites (N-methyl/N-ethyl adjacent to an activating group) is 2. The average molecular weight is 523 g/mol. The monoisotopic (exact) mass is 522 g/mol. The number of hydrogen-bond acceptors (Lipinski definition) is 8. The van der Waals surface area contributed by atoms with Crippen molar-refractivity contribution < 1.29 is 29.0 Å². The lowest BCUT2D eigenvalue weighted by molar-refractivity contribution is -0.149. The number of thiazole rings is 1. The lowest BCUT2D eigenvalue weighted by Gasteiger charge is -2.37. The molecule has 2 fully saturated rings. The predicted molar refractivity (Wildman–Crippen MR) is 135 cm³/mol. The minimum absolute atomic E-state index is 0.0101. The van der Waals surface area contributed by atoms with Gasteiger partial charge in [-0.2, -0.15) is 0 Å². The summed E-state index contributed by atoms with van der Waals surface area (Å²) in [5, 5.41) is 14.1. The largest absolute Gasteiger partial charge is 0.476 e. The minimum Gasteiger partial charge on any atom is -0.476 e. The van der Waals surface area contributed by atoms with Crippen molar-refractivity contribution in [1.29, 1.82) is 0 Å². The molecule has 0 unspecified atom stereocenters. The third-order valence-corrected chi connectivity index (χ3v) is 8.06. The molecule has 0 radical (unpaired) electrons. The van der Waals surface area contributed by atoms with Crippen LogP contribution in [0.2, 0.25) is 0 Å². The van der Waals surface area contributed by atoms with Gasteiger partial charge in [-0.3, -0.25) is 19.3 Å². The molecule has 2 amide bonds. The Morgan fingerprint density at radius 1 is 1.25 bits per heavy atom. The van der Waals surface area contributed by atoms with Gasteiger partial charge in [0.05, 0.1) is 6.04 Å². The molecule has 200 valence electrons. The van der Waals surface area contributed by atoms with E-state index in [1.165, 1.54) is 12.3 Å². The van der Waals surface area contributed by atoms with Gasteiger partial charge in [0.15, 0.2) is 11.8 Å². The number of carboxylic acids is 1. The van der Waals surface area contributed by atoms with Gasteiger partial charge in [-0.25, -0.2) is 9.78 Å². The maximum atomic E-state index is 13.7. The molecular weight excluding hydrogens is 484 g/mol. The summed E-state index contributed by atoms with van der Waals surface area (Å²) < 4.78 is 5.52. The predicted octanol–water partition coefficient (Wildman–Crippen LogP) is 2.70. The summed E-state index contributed by atoms with van der Waals surface area (Å²) in [7, 11) is 3.67. The van der Waals surface area contributed by atoms with Crippen LogP contribution in [-0.4, -0.2) is 82.4 Å². The fraction of sp³-hybridized carbons (Fsp3) is 0.720. The van der Waals surface area contributed by atoms with Crippen LogP contribution in [0.4, 0.5) is 0 Å². The molecule has 4 atom stereocenters. The van der Waals surface area contributed by atoms with Crippen LogP contribution in [-0.2, 0) is 19.1 Å². The number of nitrogens with one attached hydrogen (secondary N) is 1. The molecule has 10 nitrogen and oxygen atoms in total. The second-order valence-corrected chi connectivity index (χ2v) is 11.2. The molecule has 1 aromatic heterocycles. The number of carbonyl (C=O) groups excluding carboxylic acids is 3. The number of carboxylic acid groups (broad SMARTS) is 1. The quantitative estimate of drug-likeness (QED) is 0.425. The van der Waals surface area contributed by atoms with E-state index in [2.05, 4.69) is 15.2 Å². The second kappa shape index (κ2) is 12.1. The number of amides is 2. The fourth-order valence-corrected chi connectivity index (χ4v) is 5.71. The highest BCUT2D eigenvalue weighted by Crippen LogP contribution is 2.35.